The molecular weight excluding hydrogens is 340 g/mol. The standard InChI is InChI=1S/C18H12N2O6/c21-12-7-6-11(15(22)19-12)20-16(23)9-3-1-2-8-4-5-10(18(25)26)14(13(8)9)17(20)24/h1-5,11H,6-7H2,(H,25,26)(H,19,21,22). The average Bonchev–Trinajstić information content (AvgIpc) is 2.60. The van der Waals surface area contributed by atoms with Gasteiger partial charge in [0.1, 0.15) is 6.04 Å². The van der Waals surface area contributed by atoms with E-state index in [1.165, 1.54) is 18.2 Å². The van der Waals surface area contributed by atoms with Crippen LogP contribution in [0.15, 0.2) is 30.3 Å². The van der Waals surface area contributed by atoms with Gasteiger partial charge in [-0.3, -0.25) is 29.4 Å². The first-order valence-electron chi connectivity index (χ1n) is 7.90. The summed E-state index contributed by atoms with van der Waals surface area (Å²) in [6, 6.07) is 6.48. The molecule has 0 radical (unpaired) electrons. The molecule has 1 fully saturated rings. The Bertz CT molecular complexity index is 1040. The molecule has 8 nitrogen and oxygen atoms in total. The van der Waals surface area contributed by atoms with Gasteiger partial charge in [0.25, 0.3) is 11.8 Å². The van der Waals surface area contributed by atoms with Crippen molar-refractivity contribution in [3.63, 3.8) is 0 Å². The molecule has 26 heavy (non-hydrogen) atoms. The molecule has 1 atom stereocenters. The van der Waals surface area contributed by atoms with E-state index in [1.54, 1.807) is 12.1 Å². The summed E-state index contributed by atoms with van der Waals surface area (Å²) in [5.74, 6) is -4.04. The first-order valence-corrected chi connectivity index (χ1v) is 7.90. The maximum atomic E-state index is 13.0. The number of benzene rings is 2. The van der Waals surface area contributed by atoms with E-state index in [0.717, 1.165) is 4.90 Å². The Labute approximate surface area is 146 Å². The Hall–Kier alpha value is -3.55. The third-order valence-electron chi connectivity index (χ3n) is 4.68. The molecule has 2 N–H and O–H groups in total. The number of imide groups is 2. The zero-order valence-corrected chi connectivity index (χ0v) is 13.3. The first kappa shape index (κ1) is 15.9. The van der Waals surface area contributed by atoms with E-state index in [2.05, 4.69) is 5.32 Å². The van der Waals surface area contributed by atoms with Gasteiger partial charge in [-0.15, -0.1) is 0 Å². The Morgan fingerprint density at radius 1 is 1.08 bits per heavy atom. The van der Waals surface area contributed by atoms with Crippen molar-refractivity contribution in [2.75, 3.05) is 0 Å². The van der Waals surface area contributed by atoms with Crippen LogP contribution in [0.25, 0.3) is 10.8 Å². The zero-order valence-electron chi connectivity index (χ0n) is 13.3. The van der Waals surface area contributed by atoms with E-state index >= 15 is 0 Å². The highest BCUT2D eigenvalue weighted by Gasteiger charge is 2.43. The molecule has 0 spiro atoms. The molecule has 4 rings (SSSR count). The quantitative estimate of drug-likeness (QED) is 0.776. The third kappa shape index (κ3) is 2.12. The van der Waals surface area contributed by atoms with Crippen molar-refractivity contribution in [2.24, 2.45) is 0 Å². The lowest BCUT2D eigenvalue weighted by atomic mass is 9.89. The molecule has 2 aliphatic heterocycles. The summed E-state index contributed by atoms with van der Waals surface area (Å²) in [6.07, 6.45) is -0.00615. The molecule has 0 saturated carbocycles. The van der Waals surface area contributed by atoms with Crippen molar-refractivity contribution in [2.45, 2.75) is 18.9 Å². The molecule has 0 aromatic heterocycles. The van der Waals surface area contributed by atoms with Gasteiger partial charge < -0.3 is 5.11 Å². The van der Waals surface area contributed by atoms with Crippen LogP contribution in [0.3, 0.4) is 0 Å². The highest BCUT2D eigenvalue weighted by atomic mass is 16.4. The highest BCUT2D eigenvalue weighted by molar-refractivity contribution is 6.29. The van der Waals surface area contributed by atoms with Crippen LogP contribution >= 0.6 is 0 Å². The molecule has 2 aliphatic rings. The molecule has 1 unspecified atom stereocenters. The minimum Gasteiger partial charge on any atom is -0.478 e. The van der Waals surface area contributed by atoms with E-state index < -0.39 is 35.6 Å². The van der Waals surface area contributed by atoms with Gasteiger partial charge in [-0.25, -0.2) is 4.79 Å². The van der Waals surface area contributed by atoms with Crippen molar-refractivity contribution in [1.29, 1.82) is 0 Å². The summed E-state index contributed by atoms with van der Waals surface area (Å²) in [5.41, 5.74) is -0.195. The zero-order chi connectivity index (χ0) is 18.6. The van der Waals surface area contributed by atoms with Gasteiger partial charge >= 0.3 is 5.97 Å². The van der Waals surface area contributed by atoms with Crippen LogP contribution in [0.4, 0.5) is 0 Å². The van der Waals surface area contributed by atoms with Crippen LogP contribution < -0.4 is 5.32 Å². The lowest BCUT2D eigenvalue weighted by Gasteiger charge is -2.34. The van der Waals surface area contributed by atoms with Gasteiger partial charge in [-0.05, 0) is 23.9 Å². The molecule has 2 aromatic carbocycles. The predicted molar refractivity (Wildman–Crippen MR) is 87.6 cm³/mol. The molecular formula is C18H12N2O6. The number of carboxylic acid groups (broad SMARTS) is 1. The van der Waals surface area contributed by atoms with Gasteiger partial charge in [0.05, 0.1) is 11.1 Å². The lowest BCUT2D eigenvalue weighted by molar-refractivity contribution is -0.136. The predicted octanol–water partition coefficient (Wildman–Crippen LogP) is 0.939. The Kier molecular flexibility index (Phi) is 3.36. The molecule has 130 valence electrons. The summed E-state index contributed by atoms with van der Waals surface area (Å²) in [6.45, 7) is 0. The Morgan fingerprint density at radius 3 is 2.54 bits per heavy atom. The van der Waals surface area contributed by atoms with E-state index in [-0.39, 0.29) is 34.9 Å². The third-order valence-corrected chi connectivity index (χ3v) is 4.68. The van der Waals surface area contributed by atoms with Crippen molar-refractivity contribution in [1.82, 2.24) is 10.2 Å². The number of carbonyl (C=O) groups is 5. The van der Waals surface area contributed by atoms with Crippen LogP contribution in [0, 0.1) is 0 Å². The van der Waals surface area contributed by atoms with Gasteiger partial charge in [0, 0.05) is 17.4 Å². The van der Waals surface area contributed by atoms with Crippen molar-refractivity contribution in [3.05, 3.63) is 47.0 Å². The number of nitrogens with one attached hydrogen (secondary N) is 1. The van der Waals surface area contributed by atoms with E-state index in [9.17, 15) is 29.1 Å². The summed E-state index contributed by atoms with van der Waals surface area (Å²) in [4.78, 5) is 61.9. The second-order valence-corrected chi connectivity index (χ2v) is 6.14. The number of carboxylic acids is 1. The number of amides is 4. The number of rotatable bonds is 2. The fourth-order valence-electron chi connectivity index (χ4n) is 3.51. The highest BCUT2D eigenvalue weighted by Crippen LogP contribution is 2.34. The largest absolute Gasteiger partial charge is 0.478 e. The second kappa shape index (κ2) is 5.48. The number of nitrogens with zero attached hydrogens (tertiary/aromatic N) is 1. The Balaban J connectivity index is 1.95. The minimum atomic E-state index is -1.30. The second-order valence-electron chi connectivity index (χ2n) is 6.14. The van der Waals surface area contributed by atoms with Gasteiger partial charge in [-0.1, -0.05) is 18.2 Å². The van der Waals surface area contributed by atoms with Crippen LogP contribution in [0.1, 0.15) is 43.9 Å². The lowest BCUT2D eigenvalue weighted by Crippen LogP contribution is -2.57. The molecule has 4 amide bonds. The van der Waals surface area contributed by atoms with E-state index in [0.29, 0.717) is 5.39 Å². The monoisotopic (exact) mass is 352 g/mol. The summed E-state index contributed by atoms with van der Waals surface area (Å²) in [5, 5.41) is 12.4. The normalized spacial score (nSPS) is 19.7. The van der Waals surface area contributed by atoms with Crippen LogP contribution in [-0.4, -0.2) is 45.6 Å². The number of carbonyl (C=O) groups excluding carboxylic acids is 4. The smallest absolute Gasteiger partial charge is 0.336 e. The fourth-order valence-corrected chi connectivity index (χ4v) is 3.51. The minimum absolute atomic E-state index is 0.00267. The summed E-state index contributed by atoms with van der Waals surface area (Å²) >= 11 is 0. The number of aromatic carboxylic acids is 1. The van der Waals surface area contributed by atoms with Crippen LogP contribution in [0.2, 0.25) is 0 Å². The topological polar surface area (TPSA) is 121 Å². The van der Waals surface area contributed by atoms with Crippen LogP contribution in [-0.2, 0) is 9.59 Å². The molecule has 1 saturated heterocycles. The Morgan fingerprint density at radius 2 is 1.85 bits per heavy atom. The average molecular weight is 352 g/mol. The van der Waals surface area contributed by atoms with Crippen molar-refractivity contribution in [3.8, 4) is 0 Å². The number of piperidine rings is 1. The number of hydrogen-bond donors (Lipinski definition) is 2. The molecule has 8 heteroatoms. The number of hydrogen-bond acceptors (Lipinski definition) is 5. The van der Waals surface area contributed by atoms with E-state index in [1.807, 2.05) is 0 Å². The summed E-state index contributed by atoms with van der Waals surface area (Å²) in [7, 11) is 0. The maximum Gasteiger partial charge on any atom is 0.336 e. The van der Waals surface area contributed by atoms with Gasteiger partial charge in [0.15, 0.2) is 0 Å². The SMILES string of the molecule is O=C1CCC(N2C(=O)c3cccc4ccc(C(=O)O)c(c34)C2=O)C(=O)N1. The van der Waals surface area contributed by atoms with Crippen molar-refractivity contribution < 1.29 is 29.1 Å². The molecule has 2 heterocycles. The van der Waals surface area contributed by atoms with Crippen LogP contribution in [0.5, 0.6) is 0 Å². The maximum absolute atomic E-state index is 13.0. The molecule has 0 aliphatic carbocycles. The first-order chi connectivity index (χ1) is 12.4. The fraction of sp³-hybridized carbons (Fsp3) is 0.167. The molecule has 0 bridgehead atoms. The van der Waals surface area contributed by atoms with Crippen molar-refractivity contribution >= 4 is 40.4 Å². The van der Waals surface area contributed by atoms with Gasteiger partial charge in [0.2, 0.25) is 11.8 Å². The summed E-state index contributed by atoms with van der Waals surface area (Å²) < 4.78 is 0. The molecule has 2 aromatic rings. The van der Waals surface area contributed by atoms with Gasteiger partial charge in [-0.2, -0.15) is 0 Å². The van der Waals surface area contributed by atoms with E-state index in [4.69, 9.17) is 0 Å².